The number of hydrogen-bond donors (Lipinski definition) is 3. The first-order valence-electron chi connectivity index (χ1n) is 12.3. The van der Waals surface area contributed by atoms with Gasteiger partial charge in [-0.2, -0.15) is 18.3 Å². The Labute approximate surface area is 242 Å². The first-order valence-corrected chi connectivity index (χ1v) is 13.1. The topological polar surface area (TPSA) is 118 Å². The monoisotopic (exact) mass is 634 g/mol. The Morgan fingerprint density at radius 2 is 1.56 bits per heavy atom. The molecule has 0 atom stereocenters. The van der Waals surface area contributed by atoms with E-state index in [9.17, 15) is 27.6 Å². The average molecular weight is 635 g/mol. The number of amides is 3. The van der Waals surface area contributed by atoms with Crippen molar-refractivity contribution in [2.75, 3.05) is 23.8 Å². The lowest BCUT2D eigenvalue weighted by atomic mass is 10.1. The van der Waals surface area contributed by atoms with Crippen molar-refractivity contribution in [3.63, 3.8) is 0 Å². The van der Waals surface area contributed by atoms with E-state index in [4.69, 9.17) is 9.47 Å². The van der Waals surface area contributed by atoms with Gasteiger partial charge in [0.15, 0.2) is 6.61 Å². The molecule has 13 heteroatoms. The van der Waals surface area contributed by atoms with Gasteiger partial charge in [0, 0.05) is 10.2 Å². The third-order valence-electron chi connectivity index (χ3n) is 5.28. The molecule has 3 N–H and O–H groups in total. The van der Waals surface area contributed by atoms with Gasteiger partial charge >= 0.3 is 18.0 Å². The summed E-state index contributed by atoms with van der Waals surface area (Å²) < 4.78 is 50.8. The maximum atomic E-state index is 13.2. The Hall–Kier alpha value is -4.39. The molecule has 216 valence electrons. The zero-order valence-corrected chi connectivity index (χ0v) is 23.3. The number of halogens is 4. The highest BCUT2D eigenvalue weighted by Gasteiger charge is 2.34. The fourth-order valence-corrected chi connectivity index (χ4v) is 3.58. The van der Waals surface area contributed by atoms with Gasteiger partial charge in [0.1, 0.15) is 11.5 Å². The summed E-state index contributed by atoms with van der Waals surface area (Å²) in [5.41, 5.74) is 1.69. The molecule has 0 aliphatic carbocycles. The summed E-state index contributed by atoms with van der Waals surface area (Å²) in [6.07, 6.45) is -1.42. The summed E-state index contributed by atoms with van der Waals surface area (Å²) >= 11 is 2.98. The number of carbonyl (C=O) groups is 3. The summed E-state index contributed by atoms with van der Waals surface area (Å²) in [5.74, 6) is -1.73. The minimum absolute atomic E-state index is 0.222. The quantitative estimate of drug-likeness (QED) is 0.107. The molecular formula is C28H26BrF3N4O5. The van der Waals surface area contributed by atoms with Crippen LogP contribution in [0.3, 0.4) is 0 Å². The Morgan fingerprint density at radius 3 is 2.22 bits per heavy atom. The van der Waals surface area contributed by atoms with Gasteiger partial charge in [0.2, 0.25) is 0 Å². The standard InChI is InChI=1S/C28H26BrF3N4O5/c1-2-3-14-40-21-11-7-20(8-12-21)34-26(38)27(39)36-33-16-18-4-9-22(10-5-18)41-17-25(37)35-24-13-6-19(29)15-23(24)28(30,31)32/h4-13,15-16H,2-3,14,17H2,1H3,(H,34,38)(H,35,37)(H,36,39)/b33-16-. The second-order valence-electron chi connectivity index (χ2n) is 8.47. The summed E-state index contributed by atoms with van der Waals surface area (Å²) in [6, 6.07) is 16.1. The fourth-order valence-electron chi connectivity index (χ4n) is 3.22. The van der Waals surface area contributed by atoms with E-state index in [0.29, 0.717) is 23.6 Å². The smallest absolute Gasteiger partial charge is 0.418 e. The van der Waals surface area contributed by atoms with E-state index in [1.807, 2.05) is 0 Å². The van der Waals surface area contributed by atoms with E-state index in [-0.39, 0.29) is 15.9 Å². The number of hydrazone groups is 1. The number of benzene rings is 3. The van der Waals surface area contributed by atoms with Gasteiger partial charge < -0.3 is 20.1 Å². The molecular weight excluding hydrogens is 609 g/mol. The minimum atomic E-state index is -4.65. The number of carbonyl (C=O) groups excluding carboxylic acids is 3. The third-order valence-corrected chi connectivity index (χ3v) is 5.77. The maximum absolute atomic E-state index is 13.2. The molecule has 0 saturated heterocycles. The van der Waals surface area contributed by atoms with Crippen molar-refractivity contribution in [2.45, 2.75) is 25.9 Å². The molecule has 0 aliphatic rings. The van der Waals surface area contributed by atoms with E-state index >= 15 is 0 Å². The van der Waals surface area contributed by atoms with Crippen molar-refractivity contribution in [1.29, 1.82) is 0 Å². The summed E-state index contributed by atoms with van der Waals surface area (Å²) in [6.45, 7) is 2.13. The molecule has 3 rings (SSSR count). The number of alkyl halides is 3. The first-order chi connectivity index (χ1) is 19.5. The van der Waals surface area contributed by atoms with Crippen LogP contribution in [0.5, 0.6) is 11.5 Å². The van der Waals surface area contributed by atoms with Gasteiger partial charge in [0.25, 0.3) is 5.91 Å². The largest absolute Gasteiger partial charge is 0.494 e. The molecule has 0 unspecified atom stereocenters. The highest BCUT2D eigenvalue weighted by atomic mass is 79.9. The number of anilines is 2. The zero-order chi connectivity index (χ0) is 29.8. The normalized spacial score (nSPS) is 11.1. The van der Waals surface area contributed by atoms with Gasteiger partial charge in [0.05, 0.1) is 24.1 Å². The predicted molar refractivity (Wildman–Crippen MR) is 151 cm³/mol. The van der Waals surface area contributed by atoms with E-state index < -0.39 is 36.1 Å². The number of nitrogens with one attached hydrogen (secondary N) is 3. The maximum Gasteiger partial charge on any atom is 0.418 e. The minimum Gasteiger partial charge on any atom is -0.494 e. The summed E-state index contributed by atoms with van der Waals surface area (Å²) in [4.78, 5) is 36.2. The lowest BCUT2D eigenvalue weighted by molar-refractivity contribution is -0.137. The van der Waals surface area contributed by atoms with Crippen LogP contribution in [0.2, 0.25) is 0 Å². The van der Waals surface area contributed by atoms with Gasteiger partial charge in [-0.25, -0.2) is 5.43 Å². The molecule has 0 fully saturated rings. The van der Waals surface area contributed by atoms with Crippen LogP contribution in [0.4, 0.5) is 24.5 Å². The SMILES string of the molecule is CCCCOc1ccc(NC(=O)C(=O)N/N=C\c2ccc(OCC(=O)Nc3ccc(Br)cc3C(F)(F)F)cc2)cc1. The molecule has 3 amide bonds. The molecule has 0 aromatic heterocycles. The van der Waals surface area contributed by atoms with Crippen LogP contribution in [0.15, 0.2) is 76.3 Å². The van der Waals surface area contributed by atoms with E-state index in [1.165, 1.54) is 24.4 Å². The Balaban J connectivity index is 1.44. The van der Waals surface area contributed by atoms with Crippen LogP contribution in [-0.4, -0.2) is 37.1 Å². The molecule has 3 aromatic rings. The van der Waals surface area contributed by atoms with Gasteiger partial charge in [-0.05, 0) is 78.7 Å². The molecule has 0 spiro atoms. The van der Waals surface area contributed by atoms with Gasteiger partial charge in [-0.15, -0.1) is 0 Å². The van der Waals surface area contributed by atoms with E-state index in [1.54, 1.807) is 36.4 Å². The number of nitrogens with zero attached hydrogens (tertiary/aromatic N) is 1. The highest BCUT2D eigenvalue weighted by Crippen LogP contribution is 2.36. The Bertz CT molecular complexity index is 1380. The van der Waals surface area contributed by atoms with E-state index in [0.717, 1.165) is 25.0 Å². The summed E-state index contributed by atoms with van der Waals surface area (Å²) in [7, 11) is 0. The Morgan fingerprint density at radius 1 is 0.902 bits per heavy atom. The van der Waals surface area contributed by atoms with Crippen LogP contribution in [0.25, 0.3) is 0 Å². The van der Waals surface area contributed by atoms with Crippen LogP contribution < -0.4 is 25.5 Å². The molecule has 0 bridgehead atoms. The van der Waals surface area contributed by atoms with Crippen LogP contribution in [0.1, 0.15) is 30.9 Å². The van der Waals surface area contributed by atoms with Crippen molar-refractivity contribution < 1.29 is 37.0 Å². The van der Waals surface area contributed by atoms with Gasteiger partial charge in [-0.3, -0.25) is 14.4 Å². The fraction of sp³-hybridized carbons (Fsp3) is 0.214. The van der Waals surface area contributed by atoms with Crippen LogP contribution >= 0.6 is 15.9 Å². The number of unbranched alkanes of at least 4 members (excludes halogenated alkanes) is 1. The second kappa shape index (κ2) is 14.8. The van der Waals surface area contributed by atoms with Crippen molar-refractivity contribution in [1.82, 2.24) is 5.43 Å². The lowest BCUT2D eigenvalue weighted by Gasteiger charge is -2.14. The van der Waals surface area contributed by atoms with Crippen LogP contribution in [0, 0.1) is 0 Å². The second-order valence-corrected chi connectivity index (χ2v) is 9.39. The number of rotatable bonds is 11. The number of hydrogen-bond acceptors (Lipinski definition) is 6. The molecule has 0 saturated carbocycles. The molecule has 9 nitrogen and oxygen atoms in total. The molecule has 41 heavy (non-hydrogen) atoms. The number of ether oxygens (including phenoxy) is 2. The highest BCUT2D eigenvalue weighted by molar-refractivity contribution is 9.10. The first kappa shape index (κ1) is 31.1. The average Bonchev–Trinajstić information content (AvgIpc) is 2.94. The molecule has 3 aromatic carbocycles. The van der Waals surface area contributed by atoms with Crippen LogP contribution in [-0.2, 0) is 20.6 Å². The Kier molecular flexibility index (Phi) is 11.3. The van der Waals surface area contributed by atoms with E-state index in [2.05, 4.69) is 44.0 Å². The van der Waals surface area contributed by atoms with Gasteiger partial charge in [-0.1, -0.05) is 29.3 Å². The third kappa shape index (κ3) is 10.3. The van der Waals surface area contributed by atoms with Crippen molar-refractivity contribution in [3.05, 3.63) is 82.3 Å². The summed E-state index contributed by atoms with van der Waals surface area (Å²) in [5, 5.41) is 8.39. The zero-order valence-electron chi connectivity index (χ0n) is 21.8. The van der Waals surface area contributed by atoms with Crippen molar-refractivity contribution in [2.24, 2.45) is 5.10 Å². The van der Waals surface area contributed by atoms with Crippen molar-refractivity contribution >= 4 is 51.2 Å². The molecule has 0 heterocycles. The lowest BCUT2D eigenvalue weighted by Crippen LogP contribution is -2.32. The van der Waals surface area contributed by atoms with Crippen molar-refractivity contribution in [3.8, 4) is 11.5 Å². The molecule has 0 aliphatic heterocycles. The molecule has 0 radical (unpaired) electrons. The predicted octanol–water partition coefficient (Wildman–Crippen LogP) is 5.75.